The van der Waals surface area contributed by atoms with Gasteiger partial charge in [-0.25, -0.2) is 14.8 Å². The van der Waals surface area contributed by atoms with Crippen LogP contribution in [0.1, 0.15) is 10.4 Å². The van der Waals surface area contributed by atoms with Gasteiger partial charge in [0, 0.05) is 10.5 Å². The Balaban J connectivity index is 2.18. The highest BCUT2D eigenvalue weighted by molar-refractivity contribution is 5.94. The molecule has 10 heteroatoms. The molecule has 0 fully saturated rings. The fourth-order valence-electron chi connectivity index (χ4n) is 1.80. The molecule has 0 amide bonds. The maximum atomic E-state index is 10.9. The summed E-state index contributed by atoms with van der Waals surface area (Å²) in [5.41, 5.74) is 0.467. The van der Waals surface area contributed by atoms with E-state index in [0.717, 1.165) is 11.0 Å². The molecule has 0 unspecified atom stereocenters. The highest BCUT2D eigenvalue weighted by Gasteiger charge is 2.17. The number of hydrogen-bond acceptors (Lipinski definition) is 7. The van der Waals surface area contributed by atoms with Crippen molar-refractivity contribution in [3.8, 4) is 5.82 Å². The molecular weight excluding hydrogens is 280 g/mol. The summed E-state index contributed by atoms with van der Waals surface area (Å²) in [6.07, 6.45) is 2.38. The van der Waals surface area contributed by atoms with Crippen LogP contribution in [0.5, 0.6) is 0 Å². The first-order chi connectivity index (χ1) is 10.1. The first-order valence-electron chi connectivity index (χ1n) is 5.61. The van der Waals surface area contributed by atoms with Crippen molar-refractivity contribution in [3.05, 3.63) is 46.5 Å². The second-order valence-electron chi connectivity index (χ2n) is 3.98. The van der Waals surface area contributed by atoms with Crippen molar-refractivity contribution in [3.63, 3.8) is 0 Å². The Bertz CT molecular complexity index is 874. The molecular formula is C11H6N6O4. The number of aromatic carboxylic acids is 1. The van der Waals surface area contributed by atoms with Crippen LogP contribution in [-0.2, 0) is 0 Å². The van der Waals surface area contributed by atoms with Crippen molar-refractivity contribution in [2.24, 2.45) is 0 Å². The standard InChI is InChI=1S/C11H6N6O4/c18-10(19)6-1-2-7-8(3-6)12-4-13-9(7)16-5-14-11(15-16)17(20)21/h1-5H,(H,18,19). The fraction of sp³-hybridized carbons (Fsp3) is 0. The first kappa shape index (κ1) is 12.6. The van der Waals surface area contributed by atoms with Gasteiger partial charge in [0.25, 0.3) is 0 Å². The summed E-state index contributed by atoms with van der Waals surface area (Å²) in [7, 11) is 0. The topological polar surface area (TPSA) is 137 Å². The Morgan fingerprint density at radius 3 is 2.76 bits per heavy atom. The van der Waals surface area contributed by atoms with Crippen LogP contribution < -0.4 is 0 Å². The lowest BCUT2D eigenvalue weighted by Gasteiger charge is -2.02. The molecule has 0 saturated heterocycles. The fourth-order valence-corrected chi connectivity index (χ4v) is 1.80. The van der Waals surface area contributed by atoms with E-state index in [9.17, 15) is 14.9 Å². The summed E-state index contributed by atoms with van der Waals surface area (Å²) in [5, 5.41) is 23.7. The lowest BCUT2D eigenvalue weighted by atomic mass is 10.1. The third-order valence-corrected chi connectivity index (χ3v) is 2.72. The predicted molar refractivity (Wildman–Crippen MR) is 68.1 cm³/mol. The maximum absolute atomic E-state index is 10.9. The number of fused-ring (bicyclic) bond motifs is 1. The van der Waals surface area contributed by atoms with E-state index in [1.807, 2.05) is 0 Å². The van der Waals surface area contributed by atoms with Crippen molar-refractivity contribution >= 4 is 22.8 Å². The summed E-state index contributed by atoms with van der Waals surface area (Å²) < 4.78 is 1.14. The molecule has 0 radical (unpaired) electrons. The van der Waals surface area contributed by atoms with Crippen LogP contribution in [0.15, 0.2) is 30.9 Å². The lowest BCUT2D eigenvalue weighted by molar-refractivity contribution is -0.394. The van der Waals surface area contributed by atoms with Gasteiger partial charge in [0.15, 0.2) is 5.82 Å². The third-order valence-electron chi connectivity index (χ3n) is 2.72. The minimum atomic E-state index is -1.08. The number of aromatic nitrogens is 5. The van der Waals surface area contributed by atoms with Gasteiger partial charge in [-0.05, 0) is 23.1 Å². The predicted octanol–water partition coefficient (Wildman–Crippen LogP) is 0.817. The van der Waals surface area contributed by atoms with E-state index in [4.69, 9.17) is 5.11 Å². The molecule has 2 aromatic heterocycles. The highest BCUT2D eigenvalue weighted by Crippen LogP contribution is 2.19. The largest absolute Gasteiger partial charge is 0.491 e. The van der Waals surface area contributed by atoms with Gasteiger partial charge < -0.3 is 15.2 Å². The van der Waals surface area contributed by atoms with Gasteiger partial charge in [0.1, 0.15) is 6.33 Å². The highest BCUT2D eigenvalue weighted by atomic mass is 16.6. The molecule has 0 aliphatic rings. The minimum absolute atomic E-state index is 0.0803. The normalized spacial score (nSPS) is 10.7. The van der Waals surface area contributed by atoms with Crippen molar-refractivity contribution in [1.29, 1.82) is 0 Å². The minimum Gasteiger partial charge on any atom is -0.478 e. The smallest absolute Gasteiger partial charge is 0.478 e. The molecule has 0 aliphatic heterocycles. The van der Waals surface area contributed by atoms with Gasteiger partial charge in [-0.15, -0.1) is 4.68 Å². The summed E-state index contributed by atoms with van der Waals surface area (Å²) in [6, 6.07) is 4.29. The van der Waals surface area contributed by atoms with Crippen molar-refractivity contribution < 1.29 is 14.8 Å². The SMILES string of the molecule is O=C(O)c1ccc2c(-n3cnc([N+](=O)[O-])n3)ncnc2c1. The Labute approximate surface area is 115 Å². The molecule has 0 atom stereocenters. The van der Waals surface area contributed by atoms with Crippen molar-refractivity contribution in [2.75, 3.05) is 0 Å². The zero-order valence-electron chi connectivity index (χ0n) is 10.2. The molecule has 0 saturated carbocycles. The number of nitrogens with zero attached hydrogens (tertiary/aromatic N) is 6. The van der Waals surface area contributed by atoms with E-state index in [2.05, 4.69) is 20.1 Å². The number of carbonyl (C=O) groups is 1. The first-order valence-corrected chi connectivity index (χ1v) is 5.61. The zero-order valence-corrected chi connectivity index (χ0v) is 10.2. The Morgan fingerprint density at radius 2 is 2.10 bits per heavy atom. The second-order valence-corrected chi connectivity index (χ2v) is 3.98. The molecule has 0 spiro atoms. The molecule has 3 aromatic rings. The molecule has 0 bridgehead atoms. The van der Waals surface area contributed by atoms with Gasteiger partial charge >= 0.3 is 11.9 Å². The van der Waals surface area contributed by atoms with Gasteiger partial charge in [0.05, 0.1) is 11.1 Å². The second kappa shape index (κ2) is 4.59. The number of benzene rings is 1. The number of carboxylic acid groups (broad SMARTS) is 1. The number of hydrogen-bond donors (Lipinski definition) is 1. The number of rotatable bonds is 3. The van der Waals surface area contributed by atoms with E-state index in [1.54, 1.807) is 0 Å². The van der Waals surface area contributed by atoms with Crippen molar-refractivity contribution in [2.45, 2.75) is 0 Å². The average molecular weight is 286 g/mol. The van der Waals surface area contributed by atoms with E-state index in [-0.39, 0.29) is 11.4 Å². The van der Waals surface area contributed by atoms with E-state index in [0.29, 0.717) is 10.9 Å². The average Bonchev–Trinajstić information content (AvgIpc) is 2.95. The molecule has 21 heavy (non-hydrogen) atoms. The summed E-state index contributed by atoms with van der Waals surface area (Å²) in [6.45, 7) is 0. The summed E-state index contributed by atoms with van der Waals surface area (Å²) in [5.74, 6) is -1.35. The molecule has 104 valence electrons. The monoisotopic (exact) mass is 286 g/mol. The quantitative estimate of drug-likeness (QED) is 0.551. The molecule has 0 aliphatic carbocycles. The van der Waals surface area contributed by atoms with E-state index in [1.165, 1.54) is 24.5 Å². The Morgan fingerprint density at radius 1 is 1.29 bits per heavy atom. The maximum Gasteiger partial charge on any atom is 0.491 e. The van der Waals surface area contributed by atoms with Crippen LogP contribution in [0, 0.1) is 10.1 Å². The van der Waals surface area contributed by atoms with Crippen LogP contribution in [0.4, 0.5) is 5.95 Å². The molecule has 1 N–H and O–H groups in total. The molecule has 2 heterocycles. The summed E-state index contributed by atoms with van der Waals surface area (Å²) >= 11 is 0. The number of carboxylic acids is 1. The molecule has 3 rings (SSSR count). The third kappa shape index (κ3) is 2.14. The van der Waals surface area contributed by atoms with Crippen LogP contribution in [0.3, 0.4) is 0 Å². The van der Waals surface area contributed by atoms with Gasteiger partial charge in [-0.1, -0.05) is 4.98 Å². The van der Waals surface area contributed by atoms with E-state index >= 15 is 0 Å². The Hall–Kier alpha value is -3.43. The van der Waals surface area contributed by atoms with Crippen LogP contribution in [-0.4, -0.2) is 40.7 Å². The Kier molecular flexibility index (Phi) is 2.76. The lowest BCUT2D eigenvalue weighted by Crippen LogP contribution is -2.02. The van der Waals surface area contributed by atoms with E-state index < -0.39 is 16.8 Å². The molecule has 10 nitrogen and oxygen atoms in total. The van der Waals surface area contributed by atoms with Crippen LogP contribution in [0.2, 0.25) is 0 Å². The van der Waals surface area contributed by atoms with Gasteiger partial charge in [-0.2, -0.15) is 0 Å². The van der Waals surface area contributed by atoms with Gasteiger partial charge in [-0.3, -0.25) is 0 Å². The number of nitro groups is 1. The van der Waals surface area contributed by atoms with Crippen LogP contribution in [0.25, 0.3) is 16.7 Å². The zero-order chi connectivity index (χ0) is 15.0. The summed E-state index contributed by atoms with van der Waals surface area (Å²) in [4.78, 5) is 32.3. The van der Waals surface area contributed by atoms with Crippen LogP contribution >= 0.6 is 0 Å². The van der Waals surface area contributed by atoms with Crippen molar-refractivity contribution in [1.82, 2.24) is 24.7 Å². The molecule has 1 aromatic carbocycles. The van der Waals surface area contributed by atoms with Gasteiger partial charge in [0.2, 0.25) is 6.33 Å².